The second-order valence-electron chi connectivity index (χ2n) is 5.05. The number of hydrogen-bond acceptors (Lipinski definition) is 3. The van der Waals surface area contributed by atoms with E-state index in [9.17, 15) is 13.2 Å². The third-order valence-electron chi connectivity index (χ3n) is 3.27. The summed E-state index contributed by atoms with van der Waals surface area (Å²) in [5, 5.41) is 0.605. The summed E-state index contributed by atoms with van der Waals surface area (Å²) in [5.74, 6) is -0.210. The Morgan fingerprint density at radius 3 is 2.33 bits per heavy atom. The Kier molecular flexibility index (Phi) is 4.21. The lowest BCUT2D eigenvalue weighted by atomic mass is 9.97. The third-order valence-corrected chi connectivity index (χ3v) is 4.79. The molecule has 0 bridgehead atoms. The first-order valence-corrected chi connectivity index (χ1v) is 8.58. The summed E-state index contributed by atoms with van der Waals surface area (Å²) in [4.78, 5) is 12.7. The third kappa shape index (κ3) is 3.34. The van der Waals surface area contributed by atoms with Crippen molar-refractivity contribution in [1.82, 2.24) is 0 Å². The van der Waals surface area contributed by atoms with E-state index >= 15 is 0 Å². The molecule has 0 heterocycles. The van der Waals surface area contributed by atoms with Crippen LogP contribution in [-0.2, 0) is 9.84 Å². The van der Waals surface area contributed by atoms with Crippen molar-refractivity contribution >= 4 is 27.2 Å². The van der Waals surface area contributed by atoms with Crippen LogP contribution in [0.15, 0.2) is 41.3 Å². The largest absolute Gasteiger partial charge is 0.289 e. The van der Waals surface area contributed by atoms with E-state index in [2.05, 4.69) is 0 Å². The quantitative estimate of drug-likeness (QED) is 0.811. The monoisotopic (exact) mass is 322 g/mol. The van der Waals surface area contributed by atoms with Crippen LogP contribution < -0.4 is 0 Å². The fraction of sp³-hybridized carbons (Fsp3) is 0.188. The van der Waals surface area contributed by atoms with Crippen molar-refractivity contribution in [2.75, 3.05) is 6.26 Å². The number of carbonyl (C=O) groups is 1. The van der Waals surface area contributed by atoms with Crippen LogP contribution >= 0.6 is 11.6 Å². The van der Waals surface area contributed by atoms with Crippen molar-refractivity contribution in [2.24, 2.45) is 0 Å². The zero-order chi connectivity index (χ0) is 15.8. The van der Waals surface area contributed by atoms with Gasteiger partial charge in [0.25, 0.3) is 0 Å². The summed E-state index contributed by atoms with van der Waals surface area (Å²) in [6.45, 7) is 3.63. The molecule has 0 aliphatic carbocycles. The van der Waals surface area contributed by atoms with Gasteiger partial charge in [-0.2, -0.15) is 0 Å². The van der Waals surface area contributed by atoms with Gasteiger partial charge in [-0.1, -0.05) is 23.7 Å². The second-order valence-corrected chi connectivity index (χ2v) is 7.47. The number of aryl methyl sites for hydroxylation is 2. The van der Waals surface area contributed by atoms with Crippen molar-refractivity contribution in [3.8, 4) is 0 Å². The van der Waals surface area contributed by atoms with Gasteiger partial charge in [-0.25, -0.2) is 8.42 Å². The van der Waals surface area contributed by atoms with E-state index < -0.39 is 9.84 Å². The van der Waals surface area contributed by atoms with Crippen LogP contribution in [0.2, 0.25) is 5.02 Å². The van der Waals surface area contributed by atoms with Gasteiger partial charge in [0.1, 0.15) is 0 Å². The van der Waals surface area contributed by atoms with Gasteiger partial charge < -0.3 is 0 Å². The van der Waals surface area contributed by atoms with Gasteiger partial charge in [0.05, 0.1) is 4.90 Å². The lowest BCUT2D eigenvalue weighted by Gasteiger charge is -2.09. The molecular formula is C16H15ClO3S. The minimum atomic E-state index is -3.34. The molecule has 0 fully saturated rings. The van der Waals surface area contributed by atoms with Gasteiger partial charge >= 0.3 is 0 Å². The molecule has 2 aromatic carbocycles. The molecule has 0 saturated heterocycles. The Morgan fingerprint density at radius 1 is 1.05 bits per heavy atom. The average Bonchev–Trinajstić information content (AvgIpc) is 2.41. The molecule has 3 nitrogen and oxygen atoms in total. The van der Waals surface area contributed by atoms with Gasteiger partial charge in [0.15, 0.2) is 15.6 Å². The molecular weight excluding hydrogens is 308 g/mol. The molecule has 0 N–H and O–H groups in total. The van der Waals surface area contributed by atoms with Crippen molar-refractivity contribution in [3.63, 3.8) is 0 Å². The molecule has 2 aromatic rings. The topological polar surface area (TPSA) is 51.2 Å². The van der Waals surface area contributed by atoms with E-state index in [1.807, 2.05) is 6.92 Å². The van der Waals surface area contributed by atoms with Crippen molar-refractivity contribution in [1.29, 1.82) is 0 Å². The molecule has 0 radical (unpaired) electrons. The summed E-state index contributed by atoms with van der Waals surface area (Å²) in [5.41, 5.74) is 2.45. The van der Waals surface area contributed by atoms with Crippen LogP contribution in [0.4, 0.5) is 0 Å². The Morgan fingerprint density at radius 2 is 1.71 bits per heavy atom. The van der Waals surface area contributed by atoms with Gasteiger partial charge in [-0.3, -0.25) is 4.79 Å². The molecule has 2 rings (SSSR count). The maximum atomic E-state index is 12.6. The number of rotatable bonds is 3. The first-order valence-electron chi connectivity index (χ1n) is 6.31. The summed E-state index contributed by atoms with van der Waals surface area (Å²) < 4.78 is 23.2. The standard InChI is InChI=1S/C16H15ClO3S/c1-10-8-15(17)11(2)7-14(10)16(18)12-5-4-6-13(9-12)21(3,19)20/h4-9H,1-3H3. The molecule has 0 saturated carbocycles. The van der Waals surface area contributed by atoms with Gasteiger partial charge in [0.2, 0.25) is 0 Å². The number of benzene rings is 2. The molecule has 21 heavy (non-hydrogen) atoms. The van der Waals surface area contributed by atoms with Crippen molar-refractivity contribution < 1.29 is 13.2 Å². The van der Waals surface area contributed by atoms with E-state index in [1.165, 1.54) is 12.1 Å². The molecule has 0 aliphatic heterocycles. The van der Waals surface area contributed by atoms with E-state index in [4.69, 9.17) is 11.6 Å². The lowest BCUT2D eigenvalue weighted by Crippen LogP contribution is -2.06. The van der Waals surface area contributed by atoms with Crippen LogP contribution in [0.25, 0.3) is 0 Å². The smallest absolute Gasteiger partial charge is 0.193 e. The second kappa shape index (κ2) is 5.62. The summed E-state index contributed by atoms with van der Waals surface area (Å²) in [6.07, 6.45) is 1.12. The fourth-order valence-corrected chi connectivity index (χ4v) is 2.93. The van der Waals surface area contributed by atoms with Crippen LogP contribution in [0.5, 0.6) is 0 Å². The number of halogens is 1. The fourth-order valence-electron chi connectivity index (χ4n) is 2.05. The number of sulfone groups is 1. The highest BCUT2D eigenvalue weighted by Gasteiger charge is 2.16. The Labute approximate surface area is 129 Å². The van der Waals surface area contributed by atoms with E-state index in [1.54, 1.807) is 31.2 Å². The van der Waals surface area contributed by atoms with Gasteiger partial charge in [0, 0.05) is 22.4 Å². The van der Waals surface area contributed by atoms with Gasteiger partial charge in [-0.15, -0.1) is 0 Å². The van der Waals surface area contributed by atoms with Crippen molar-refractivity contribution in [2.45, 2.75) is 18.7 Å². The maximum Gasteiger partial charge on any atom is 0.193 e. The highest BCUT2D eigenvalue weighted by atomic mass is 35.5. The minimum absolute atomic E-state index is 0.136. The van der Waals surface area contributed by atoms with Gasteiger partial charge in [-0.05, 0) is 49.2 Å². The molecule has 5 heteroatoms. The lowest BCUT2D eigenvalue weighted by molar-refractivity contribution is 0.103. The Hall–Kier alpha value is -1.65. The molecule has 110 valence electrons. The first kappa shape index (κ1) is 15.7. The number of carbonyl (C=O) groups excluding carboxylic acids is 1. The van der Waals surface area contributed by atoms with Crippen LogP contribution in [0.1, 0.15) is 27.0 Å². The normalized spacial score (nSPS) is 11.4. The molecule has 0 spiro atoms. The van der Waals surface area contributed by atoms with Crippen molar-refractivity contribution in [3.05, 3.63) is 63.7 Å². The molecule has 0 aliphatic rings. The summed E-state index contributed by atoms with van der Waals surface area (Å²) >= 11 is 6.03. The highest BCUT2D eigenvalue weighted by molar-refractivity contribution is 7.90. The Balaban J connectivity index is 2.53. The predicted octanol–water partition coefficient (Wildman–Crippen LogP) is 3.59. The first-order chi connectivity index (χ1) is 9.70. The number of hydrogen-bond donors (Lipinski definition) is 0. The maximum absolute atomic E-state index is 12.6. The van der Waals surface area contributed by atoms with E-state index in [0.717, 1.165) is 17.4 Å². The highest BCUT2D eigenvalue weighted by Crippen LogP contribution is 2.23. The SMILES string of the molecule is Cc1cc(C(=O)c2cccc(S(C)(=O)=O)c2)c(C)cc1Cl. The zero-order valence-corrected chi connectivity index (χ0v) is 13.5. The van der Waals surface area contributed by atoms with E-state index in [-0.39, 0.29) is 10.7 Å². The molecule has 0 unspecified atom stereocenters. The Bertz CT molecular complexity index is 823. The van der Waals surface area contributed by atoms with Crippen LogP contribution in [0.3, 0.4) is 0 Å². The summed E-state index contributed by atoms with van der Waals surface area (Å²) in [6, 6.07) is 9.53. The van der Waals surface area contributed by atoms with Crippen LogP contribution in [-0.4, -0.2) is 20.5 Å². The minimum Gasteiger partial charge on any atom is -0.289 e. The van der Waals surface area contributed by atoms with E-state index in [0.29, 0.717) is 16.1 Å². The number of ketones is 1. The molecule has 0 amide bonds. The summed E-state index contributed by atoms with van der Waals surface area (Å²) in [7, 11) is -3.34. The average molecular weight is 323 g/mol. The molecule has 0 atom stereocenters. The van der Waals surface area contributed by atoms with Crippen LogP contribution in [0, 0.1) is 13.8 Å². The molecule has 0 aromatic heterocycles. The predicted molar refractivity (Wildman–Crippen MR) is 83.9 cm³/mol. The zero-order valence-electron chi connectivity index (χ0n) is 12.0.